The van der Waals surface area contributed by atoms with Gasteiger partial charge in [0.15, 0.2) is 0 Å². The summed E-state index contributed by atoms with van der Waals surface area (Å²) in [5.41, 5.74) is 8.50. The largest absolute Gasteiger partial charge is 0.490 e. The highest BCUT2D eigenvalue weighted by Crippen LogP contribution is 2.44. The Morgan fingerprint density at radius 3 is 2.38 bits per heavy atom. The molecule has 2 aliphatic rings. The third-order valence-electron chi connectivity index (χ3n) is 7.42. The molecule has 2 fully saturated rings. The van der Waals surface area contributed by atoms with Crippen LogP contribution in [-0.4, -0.2) is 18.0 Å². The lowest BCUT2D eigenvalue weighted by molar-refractivity contribution is -0.573. The highest BCUT2D eigenvalue weighted by Gasteiger charge is 2.34. The van der Waals surface area contributed by atoms with Crippen LogP contribution in [0.3, 0.4) is 0 Å². The summed E-state index contributed by atoms with van der Waals surface area (Å²) in [5, 5.41) is 0. The Labute approximate surface area is 203 Å². The Kier molecular flexibility index (Phi) is 7.11. The van der Waals surface area contributed by atoms with E-state index in [1.54, 1.807) is 6.07 Å². The monoisotopic (exact) mass is 465 g/mol. The Morgan fingerprint density at radius 1 is 1.09 bits per heavy atom. The standard InChI is InChI=1S/C29H38FN2O2/c1-19(2)27-23(14-9-15-25(27)30)24-18-21(16-17-26(24)34-22-12-6-7-13-22)29(3,4)28(31-32(5)33)20-10-8-11-20/h9,14-19,22H,6-8,10-13H2,1-5H3,(H,31,33)/q+1. The molecule has 34 heavy (non-hydrogen) atoms. The van der Waals surface area contributed by atoms with Crippen molar-refractivity contribution in [2.24, 2.45) is 0 Å². The zero-order valence-corrected chi connectivity index (χ0v) is 21.2. The van der Waals surface area contributed by atoms with Gasteiger partial charge in [-0.1, -0.05) is 45.9 Å². The zero-order valence-electron chi connectivity index (χ0n) is 21.2. The molecule has 0 unspecified atom stereocenters. The van der Waals surface area contributed by atoms with Crippen LogP contribution in [0.1, 0.15) is 89.7 Å². The van der Waals surface area contributed by atoms with Gasteiger partial charge in [-0.2, -0.15) is 0 Å². The predicted octanol–water partition coefficient (Wildman–Crippen LogP) is 7.57. The highest BCUT2D eigenvalue weighted by molar-refractivity contribution is 5.75. The van der Waals surface area contributed by atoms with Gasteiger partial charge in [0, 0.05) is 11.0 Å². The minimum atomic E-state index is -0.416. The molecule has 2 aromatic carbocycles. The minimum absolute atomic E-state index is 0.0376. The Hall–Kier alpha value is -2.69. The third kappa shape index (κ3) is 4.89. The van der Waals surface area contributed by atoms with Crippen LogP contribution in [0.5, 0.6) is 5.75 Å². The Morgan fingerprint density at radius 2 is 1.79 bits per heavy atom. The summed E-state index contributed by atoms with van der Waals surface area (Å²) >= 11 is 0. The predicted molar refractivity (Wildman–Crippen MR) is 135 cm³/mol. The number of hydrogen-bond acceptors (Lipinski definition) is 2. The number of allylic oxidation sites excluding steroid dienone is 2. The van der Waals surface area contributed by atoms with Gasteiger partial charge in [0.05, 0.1) is 16.7 Å². The second-order valence-corrected chi connectivity index (χ2v) is 10.7. The molecule has 0 amide bonds. The molecule has 0 atom stereocenters. The lowest BCUT2D eigenvalue weighted by atomic mass is 9.75. The smallest absolute Gasteiger partial charge is 0.216 e. The molecular formula is C29H38FN2O2+. The molecule has 1 N–H and O–H groups in total. The molecule has 4 nitrogen and oxygen atoms in total. The normalized spacial score (nSPS) is 16.5. The van der Waals surface area contributed by atoms with Crippen LogP contribution in [0.15, 0.2) is 47.7 Å². The number of nitrogens with one attached hydrogen (secondary N) is 1. The lowest BCUT2D eigenvalue weighted by Gasteiger charge is -2.32. The summed E-state index contributed by atoms with van der Waals surface area (Å²) in [6, 6.07) is 11.6. The number of rotatable bonds is 8. The molecule has 0 heterocycles. The van der Waals surface area contributed by atoms with E-state index in [0.717, 1.165) is 65.1 Å². The number of nitroso groups, excluding NO2 is 1. The number of hydrazine groups is 1. The van der Waals surface area contributed by atoms with Gasteiger partial charge in [0.2, 0.25) is 7.05 Å². The third-order valence-corrected chi connectivity index (χ3v) is 7.42. The van der Waals surface area contributed by atoms with Crippen LogP contribution in [0.2, 0.25) is 0 Å². The number of ether oxygens (including phenoxy) is 1. The highest BCUT2D eigenvalue weighted by atomic mass is 19.1. The Bertz CT molecular complexity index is 1090. The average molecular weight is 466 g/mol. The van der Waals surface area contributed by atoms with Crippen molar-refractivity contribution >= 4 is 0 Å². The first-order chi connectivity index (χ1) is 16.2. The summed E-state index contributed by atoms with van der Waals surface area (Å²) in [5.74, 6) is 0.664. The van der Waals surface area contributed by atoms with E-state index in [9.17, 15) is 9.30 Å². The molecular weight excluding hydrogens is 427 g/mol. The van der Waals surface area contributed by atoms with Gasteiger partial charge < -0.3 is 4.74 Å². The molecule has 2 aliphatic carbocycles. The number of halogens is 1. The van der Waals surface area contributed by atoms with Crippen molar-refractivity contribution in [3.8, 4) is 16.9 Å². The maximum absolute atomic E-state index is 15.0. The van der Waals surface area contributed by atoms with E-state index in [1.807, 2.05) is 26.0 Å². The van der Waals surface area contributed by atoms with Gasteiger partial charge in [0.1, 0.15) is 16.4 Å². The van der Waals surface area contributed by atoms with Crippen molar-refractivity contribution in [3.63, 3.8) is 0 Å². The van der Waals surface area contributed by atoms with E-state index in [4.69, 9.17) is 4.74 Å². The van der Waals surface area contributed by atoms with Crippen molar-refractivity contribution in [1.82, 2.24) is 5.43 Å². The second kappa shape index (κ2) is 9.89. The van der Waals surface area contributed by atoms with Crippen LogP contribution in [-0.2, 0) is 5.41 Å². The molecule has 0 saturated heterocycles. The first kappa shape index (κ1) is 24.4. The van der Waals surface area contributed by atoms with Crippen LogP contribution < -0.4 is 10.2 Å². The molecule has 0 spiro atoms. The maximum Gasteiger partial charge on any atom is 0.216 e. The van der Waals surface area contributed by atoms with E-state index in [-0.39, 0.29) is 17.8 Å². The van der Waals surface area contributed by atoms with Crippen molar-refractivity contribution in [1.29, 1.82) is 0 Å². The molecule has 182 valence electrons. The first-order valence-corrected chi connectivity index (χ1v) is 12.7. The summed E-state index contributed by atoms with van der Waals surface area (Å²) in [4.78, 5) is 12.8. The molecule has 4 rings (SSSR count). The quantitative estimate of drug-likeness (QED) is 0.323. The molecule has 2 saturated carbocycles. The van der Waals surface area contributed by atoms with E-state index in [1.165, 1.54) is 31.5 Å². The van der Waals surface area contributed by atoms with Gasteiger partial charge in [-0.15, -0.1) is 5.43 Å². The van der Waals surface area contributed by atoms with E-state index in [0.29, 0.717) is 5.56 Å². The molecule has 2 aromatic rings. The summed E-state index contributed by atoms with van der Waals surface area (Å²) in [6.45, 7) is 8.35. The minimum Gasteiger partial charge on any atom is -0.490 e. The van der Waals surface area contributed by atoms with Crippen LogP contribution in [0.25, 0.3) is 11.1 Å². The number of benzene rings is 2. The van der Waals surface area contributed by atoms with E-state index in [2.05, 4.69) is 31.4 Å². The zero-order chi connectivity index (χ0) is 24.5. The van der Waals surface area contributed by atoms with Gasteiger partial charge in [-0.05, 0) is 91.3 Å². The summed E-state index contributed by atoms with van der Waals surface area (Å²) < 4.78 is 21.5. The second-order valence-electron chi connectivity index (χ2n) is 10.7. The van der Waals surface area contributed by atoms with Crippen molar-refractivity contribution in [2.45, 2.75) is 90.1 Å². The molecule has 0 radical (unpaired) electrons. The van der Waals surface area contributed by atoms with Crippen molar-refractivity contribution < 1.29 is 14.0 Å². The summed E-state index contributed by atoms with van der Waals surface area (Å²) in [6.07, 6.45) is 7.87. The van der Waals surface area contributed by atoms with Gasteiger partial charge in [-0.25, -0.2) is 4.39 Å². The number of nitrogens with zero attached hydrogens (tertiary/aromatic N) is 1. The SMILES string of the molecule is CC(C)c1c(F)cccc1-c1cc(C(C)(C)C(N[N+](C)=O)=C2CCC2)ccc1OC1CCCC1. The first-order valence-electron chi connectivity index (χ1n) is 12.7. The van der Waals surface area contributed by atoms with Crippen molar-refractivity contribution in [2.75, 3.05) is 7.05 Å². The van der Waals surface area contributed by atoms with Gasteiger partial charge >= 0.3 is 0 Å². The van der Waals surface area contributed by atoms with Crippen LogP contribution in [0.4, 0.5) is 4.39 Å². The lowest BCUT2D eigenvalue weighted by Crippen LogP contribution is -2.37. The van der Waals surface area contributed by atoms with Crippen LogP contribution in [0, 0.1) is 10.7 Å². The molecule has 0 aromatic heterocycles. The van der Waals surface area contributed by atoms with Crippen molar-refractivity contribution in [3.05, 3.63) is 69.5 Å². The summed E-state index contributed by atoms with van der Waals surface area (Å²) in [7, 11) is 1.49. The maximum atomic E-state index is 15.0. The molecule has 0 bridgehead atoms. The molecule has 0 aliphatic heterocycles. The fraction of sp³-hybridized carbons (Fsp3) is 0.517. The topological polar surface area (TPSA) is 41.3 Å². The van der Waals surface area contributed by atoms with Crippen LogP contribution >= 0.6 is 0 Å². The Balaban J connectivity index is 1.86. The van der Waals surface area contributed by atoms with Gasteiger partial charge in [-0.3, -0.25) is 0 Å². The molecule has 5 heteroatoms. The fourth-order valence-corrected chi connectivity index (χ4v) is 5.34. The van der Waals surface area contributed by atoms with E-state index < -0.39 is 5.41 Å². The van der Waals surface area contributed by atoms with E-state index >= 15 is 0 Å². The fourth-order valence-electron chi connectivity index (χ4n) is 5.34. The number of hydrogen-bond donors (Lipinski definition) is 1. The average Bonchev–Trinajstić information content (AvgIpc) is 3.24. The van der Waals surface area contributed by atoms with Gasteiger partial charge in [0.25, 0.3) is 0 Å².